The van der Waals surface area contributed by atoms with Crippen molar-refractivity contribution in [2.75, 3.05) is 0 Å². The molecular weight excluding hydrogens is 407 g/mol. The molecule has 3 rings (SSSR count). The van der Waals surface area contributed by atoms with Gasteiger partial charge in [0.05, 0.1) is 12.8 Å². The smallest absolute Gasteiger partial charge is 0.394 e. The van der Waals surface area contributed by atoms with Crippen LogP contribution in [0.2, 0.25) is 0 Å². The third-order valence-electron chi connectivity index (χ3n) is 4.82. The minimum atomic E-state index is -4.47. The second kappa shape index (κ2) is 8.46. The predicted molar refractivity (Wildman–Crippen MR) is 92.6 cm³/mol. The van der Waals surface area contributed by atoms with E-state index in [0.29, 0.717) is 12.8 Å². The van der Waals surface area contributed by atoms with E-state index in [-0.39, 0.29) is 42.5 Å². The van der Waals surface area contributed by atoms with E-state index in [9.17, 15) is 26.7 Å². The van der Waals surface area contributed by atoms with Gasteiger partial charge in [0.15, 0.2) is 11.6 Å². The fraction of sp³-hybridized carbons (Fsp3) is 0.444. The van der Waals surface area contributed by atoms with Crippen molar-refractivity contribution >= 4 is 18.4 Å². The molecule has 2 heterocycles. The molecule has 154 valence electrons. The summed E-state index contributed by atoms with van der Waals surface area (Å²) in [5.41, 5.74) is -0.0415. The molecule has 0 saturated carbocycles. The molecule has 1 aliphatic rings. The van der Waals surface area contributed by atoms with E-state index in [4.69, 9.17) is 5.11 Å². The molecule has 1 aliphatic heterocycles. The van der Waals surface area contributed by atoms with Gasteiger partial charge in [-0.1, -0.05) is 12.1 Å². The van der Waals surface area contributed by atoms with Crippen molar-refractivity contribution in [3.8, 4) is 0 Å². The van der Waals surface area contributed by atoms with Crippen LogP contribution in [0.5, 0.6) is 0 Å². The van der Waals surface area contributed by atoms with E-state index >= 15 is 0 Å². The van der Waals surface area contributed by atoms with E-state index in [1.165, 1.54) is 16.7 Å². The third kappa shape index (κ3) is 4.81. The minimum absolute atomic E-state index is 0. The maximum absolute atomic E-state index is 14.2. The van der Waals surface area contributed by atoms with Crippen LogP contribution in [-0.4, -0.2) is 26.8 Å². The number of rotatable bonds is 4. The first kappa shape index (κ1) is 22.1. The number of hydrogen-bond acceptors (Lipinski definition) is 2. The number of hydrogen-bond donors (Lipinski definition) is 1. The molecule has 0 amide bonds. The van der Waals surface area contributed by atoms with Crippen LogP contribution in [0, 0.1) is 11.6 Å². The van der Waals surface area contributed by atoms with Crippen molar-refractivity contribution in [3.63, 3.8) is 0 Å². The first-order valence-electron chi connectivity index (χ1n) is 8.42. The Morgan fingerprint density at radius 1 is 1.25 bits per heavy atom. The van der Waals surface area contributed by atoms with Crippen molar-refractivity contribution in [1.29, 1.82) is 0 Å². The number of aliphatic carboxylic acids is 1. The van der Waals surface area contributed by atoms with Gasteiger partial charge in [-0.15, -0.1) is 12.4 Å². The van der Waals surface area contributed by atoms with Crippen molar-refractivity contribution in [2.24, 2.45) is 0 Å². The van der Waals surface area contributed by atoms with Crippen molar-refractivity contribution in [3.05, 3.63) is 53.1 Å². The van der Waals surface area contributed by atoms with Crippen LogP contribution in [-0.2, 0) is 17.8 Å². The van der Waals surface area contributed by atoms with Gasteiger partial charge < -0.3 is 9.67 Å². The van der Waals surface area contributed by atoms with Crippen molar-refractivity contribution < 1.29 is 31.9 Å². The monoisotopic (exact) mass is 424 g/mol. The molecule has 0 unspecified atom stereocenters. The van der Waals surface area contributed by atoms with E-state index in [0.717, 1.165) is 12.3 Å². The van der Waals surface area contributed by atoms with E-state index < -0.39 is 42.0 Å². The predicted octanol–water partition coefficient (Wildman–Crippen LogP) is 4.82. The lowest BCUT2D eigenvalue weighted by molar-refractivity contribution is -0.137. The van der Waals surface area contributed by atoms with E-state index in [1.807, 2.05) is 0 Å². The molecule has 0 saturated heterocycles. The summed E-state index contributed by atoms with van der Waals surface area (Å²) in [6, 6.07) is 3.72. The summed E-state index contributed by atoms with van der Waals surface area (Å²) in [4.78, 5) is 15.2. The topological polar surface area (TPSA) is 55.1 Å². The van der Waals surface area contributed by atoms with Crippen LogP contribution in [0.3, 0.4) is 0 Å². The number of alkyl halides is 3. The summed E-state index contributed by atoms with van der Waals surface area (Å²) in [6.07, 6.45) is -4.28. The highest BCUT2D eigenvalue weighted by Gasteiger charge is 2.34. The van der Waals surface area contributed by atoms with Gasteiger partial charge in [-0.2, -0.15) is 13.2 Å². The van der Waals surface area contributed by atoms with Gasteiger partial charge in [0.25, 0.3) is 0 Å². The molecule has 0 bridgehead atoms. The maximum atomic E-state index is 14.2. The fourth-order valence-corrected chi connectivity index (χ4v) is 3.65. The van der Waals surface area contributed by atoms with E-state index in [2.05, 4.69) is 4.98 Å². The summed E-state index contributed by atoms with van der Waals surface area (Å²) in [5.74, 6) is -4.08. The highest BCUT2D eigenvalue weighted by atomic mass is 35.5. The summed E-state index contributed by atoms with van der Waals surface area (Å²) in [6.45, 7) is -0.0166. The van der Waals surface area contributed by atoms with Gasteiger partial charge in [-0.25, -0.2) is 13.8 Å². The molecule has 2 aromatic rings. The van der Waals surface area contributed by atoms with Gasteiger partial charge in [0.2, 0.25) is 0 Å². The van der Waals surface area contributed by atoms with Crippen LogP contribution in [0.4, 0.5) is 22.0 Å². The zero-order valence-corrected chi connectivity index (χ0v) is 15.4. The second-order valence-corrected chi connectivity index (χ2v) is 6.72. The quantitative estimate of drug-likeness (QED) is 0.716. The molecule has 28 heavy (non-hydrogen) atoms. The molecule has 0 radical (unpaired) electrons. The van der Waals surface area contributed by atoms with Gasteiger partial charge >= 0.3 is 12.1 Å². The van der Waals surface area contributed by atoms with Crippen LogP contribution < -0.4 is 0 Å². The molecule has 1 aromatic carbocycles. The molecule has 4 nitrogen and oxygen atoms in total. The Labute approximate surface area is 163 Å². The number of carboxylic acids is 1. The Balaban J connectivity index is 0.00000280. The normalized spacial score (nSPS) is 19.5. The van der Waals surface area contributed by atoms with Crippen molar-refractivity contribution in [1.82, 2.24) is 9.55 Å². The van der Waals surface area contributed by atoms with Gasteiger partial charge in [-0.3, -0.25) is 4.79 Å². The minimum Gasteiger partial charge on any atom is -0.481 e. The summed E-state index contributed by atoms with van der Waals surface area (Å²) in [5, 5.41) is 9.11. The number of fused-ring (bicyclic) bond motifs is 1. The van der Waals surface area contributed by atoms with Crippen LogP contribution >= 0.6 is 12.4 Å². The first-order valence-corrected chi connectivity index (χ1v) is 8.42. The second-order valence-electron chi connectivity index (χ2n) is 6.72. The number of nitrogens with zero attached hydrogens (tertiary/aromatic N) is 2. The van der Waals surface area contributed by atoms with Gasteiger partial charge in [0.1, 0.15) is 5.82 Å². The molecule has 0 aliphatic carbocycles. The average Bonchev–Trinajstić information content (AvgIpc) is 2.83. The lowest BCUT2D eigenvalue weighted by Gasteiger charge is -2.19. The number of aromatic nitrogens is 2. The fourth-order valence-electron chi connectivity index (χ4n) is 3.65. The first-order chi connectivity index (χ1) is 12.7. The SMILES string of the molecule is Cl.O=C(O)C[C@H]1CC[C@H](c2cccc(F)c2F)Cn2c(CC(F)(F)F)cnc21. The standard InChI is InChI=1S/C18H17F5N2O2.ClH/c19-14-3-1-2-13(16(14)20)11-5-4-10(6-15(26)27)17-24-8-12(25(17)9-11)7-18(21,22)23;/h1-3,8,10-11H,4-7,9H2,(H,26,27);1H/t10-,11+;/m1./s1. The Kier molecular flexibility index (Phi) is 6.69. The molecule has 10 heteroatoms. The summed E-state index contributed by atoms with van der Waals surface area (Å²) < 4.78 is 67.8. The number of imidazole rings is 1. The van der Waals surface area contributed by atoms with Crippen molar-refractivity contribution in [2.45, 2.75) is 50.2 Å². The van der Waals surface area contributed by atoms with Gasteiger partial charge in [0, 0.05) is 30.3 Å². The number of benzene rings is 1. The zero-order valence-electron chi connectivity index (χ0n) is 14.5. The largest absolute Gasteiger partial charge is 0.481 e. The summed E-state index contributed by atoms with van der Waals surface area (Å²) in [7, 11) is 0. The number of carbonyl (C=O) groups is 1. The van der Waals surface area contributed by atoms with E-state index in [1.54, 1.807) is 0 Å². The molecule has 1 aromatic heterocycles. The molecule has 1 N–H and O–H groups in total. The molecular formula is C18H18ClF5N2O2. The van der Waals surface area contributed by atoms with Crippen LogP contribution in [0.25, 0.3) is 0 Å². The Morgan fingerprint density at radius 2 is 1.96 bits per heavy atom. The lowest BCUT2D eigenvalue weighted by atomic mass is 9.90. The Morgan fingerprint density at radius 3 is 2.61 bits per heavy atom. The Bertz CT molecular complexity index is 853. The summed E-state index contributed by atoms with van der Waals surface area (Å²) >= 11 is 0. The average molecular weight is 425 g/mol. The number of carboxylic acid groups (broad SMARTS) is 1. The zero-order chi connectivity index (χ0) is 19.8. The molecule has 0 spiro atoms. The van der Waals surface area contributed by atoms with Crippen LogP contribution in [0.15, 0.2) is 24.4 Å². The maximum Gasteiger partial charge on any atom is 0.394 e. The lowest BCUT2D eigenvalue weighted by Crippen LogP contribution is -2.19. The Hall–Kier alpha value is -2.16. The molecule has 0 fully saturated rings. The number of halogens is 6. The molecule has 2 atom stereocenters. The highest BCUT2D eigenvalue weighted by molar-refractivity contribution is 5.85. The van der Waals surface area contributed by atoms with Crippen LogP contribution in [0.1, 0.15) is 48.2 Å². The highest BCUT2D eigenvalue weighted by Crippen LogP contribution is 2.38. The van der Waals surface area contributed by atoms with Gasteiger partial charge in [-0.05, 0) is 24.5 Å². The third-order valence-corrected chi connectivity index (χ3v) is 4.82.